The average molecular weight is 325 g/mol. The Morgan fingerprint density at radius 1 is 1.12 bits per heavy atom. The molecule has 0 saturated heterocycles. The molecule has 0 radical (unpaired) electrons. The van der Waals surface area contributed by atoms with Crippen molar-refractivity contribution in [3.05, 3.63) is 53.1 Å². The molecule has 126 valence electrons. The van der Waals surface area contributed by atoms with E-state index in [4.69, 9.17) is 4.74 Å². The maximum Gasteiger partial charge on any atom is 0.268 e. The lowest BCUT2D eigenvalue weighted by molar-refractivity contribution is -0.126. The fourth-order valence-corrected chi connectivity index (χ4v) is 3.34. The summed E-state index contributed by atoms with van der Waals surface area (Å²) < 4.78 is 5.94. The molecule has 0 spiro atoms. The second-order valence-electron chi connectivity index (χ2n) is 6.76. The first-order valence-corrected chi connectivity index (χ1v) is 8.25. The number of amides is 1. The van der Waals surface area contributed by atoms with Crippen LogP contribution < -0.4 is 9.64 Å². The highest BCUT2D eigenvalue weighted by Gasteiger charge is 2.36. The first kappa shape index (κ1) is 16.4. The lowest BCUT2D eigenvalue weighted by Gasteiger charge is -2.37. The molecule has 4 nitrogen and oxygen atoms in total. The smallest absolute Gasteiger partial charge is 0.268 e. The summed E-state index contributed by atoms with van der Waals surface area (Å²) >= 11 is 0. The van der Waals surface area contributed by atoms with E-state index in [-0.39, 0.29) is 17.7 Å². The Balaban J connectivity index is 1.96. The number of carbonyl (C=O) groups excluding carboxylic acids is 1. The van der Waals surface area contributed by atoms with Crippen molar-refractivity contribution in [2.75, 3.05) is 4.90 Å². The Hall–Kier alpha value is -2.49. The number of anilines is 1. The van der Waals surface area contributed by atoms with E-state index in [1.165, 1.54) is 11.1 Å². The van der Waals surface area contributed by atoms with Gasteiger partial charge in [-0.1, -0.05) is 29.3 Å². The normalized spacial score (nSPS) is 17.0. The number of carbonyl (C=O) groups is 1. The number of benzene rings is 2. The van der Waals surface area contributed by atoms with Crippen molar-refractivity contribution in [3.8, 4) is 11.5 Å². The number of ether oxygens (including phenoxy) is 1. The molecule has 0 saturated carbocycles. The van der Waals surface area contributed by atoms with Gasteiger partial charge < -0.3 is 14.7 Å². The van der Waals surface area contributed by atoms with Gasteiger partial charge in [0.25, 0.3) is 5.91 Å². The van der Waals surface area contributed by atoms with Gasteiger partial charge in [-0.2, -0.15) is 0 Å². The van der Waals surface area contributed by atoms with Gasteiger partial charge in [0, 0.05) is 18.5 Å². The van der Waals surface area contributed by atoms with E-state index in [0.29, 0.717) is 17.9 Å². The van der Waals surface area contributed by atoms with Crippen LogP contribution in [0.5, 0.6) is 11.5 Å². The van der Waals surface area contributed by atoms with Crippen LogP contribution in [0.15, 0.2) is 36.4 Å². The molecule has 1 N–H and O–H groups in total. The fourth-order valence-electron chi connectivity index (χ4n) is 3.34. The molecule has 0 fully saturated rings. The van der Waals surface area contributed by atoms with E-state index < -0.39 is 6.10 Å². The minimum atomic E-state index is -0.581. The van der Waals surface area contributed by atoms with E-state index >= 15 is 0 Å². The number of phenols is 1. The number of hydrogen-bond acceptors (Lipinski definition) is 3. The zero-order chi connectivity index (χ0) is 17.4. The van der Waals surface area contributed by atoms with Crippen molar-refractivity contribution in [1.29, 1.82) is 0 Å². The molecule has 2 aromatic rings. The van der Waals surface area contributed by atoms with Gasteiger partial charge in [0.15, 0.2) is 6.10 Å². The maximum absolute atomic E-state index is 12.9. The number of hydrogen-bond donors (Lipinski definition) is 1. The highest BCUT2D eigenvalue weighted by molar-refractivity contribution is 6.00. The first-order valence-electron chi connectivity index (χ1n) is 8.25. The van der Waals surface area contributed by atoms with Crippen LogP contribution in [0, 0.1) is 13.8 Å². The van der Waals surface area contributed by atoms with Crippen molar-refractivity contribution in [3.63, 3.8) is 0 Å². The van der Waals surface area contributed by atoms with Gasteiger partial charge in [0.2, 0.25) is 0 Å². The summed E-state index contributed by atoms with van der Waals surface area (Å²) in [5, 5.41) is 9.74. The van der Waals surface area contributed by atoms with E-state index in [2.05, 4.69) is 18.2 Å². The van der Waals surface area contributed by atoms with Gasteiger partial charge in [-0.15, -0.1) is 0 Å². The Labute approximate surface area is 142 Å². The molecule has 1 unspecified atom stereocenters. The second-order valence-corrected chi connectivity index (χ2v) is 6.76. The van der Waals surface area contributed by atoms with Gasteiger partial charge in [-0.25, -0.2) is 0 Å². The molecule has 1 amide bonds. The van der Waals surface area contributed by atoms with Crippen LogP contribution in [0.2, 0.25) is 0 Å². The molecule has 2 aromatic carbocycles. The van der Waals surface area contributed by atoms with Crippen molar-refractivity contribution in [2.24, 2.45) is 0 Å². The van der Waals surface area contributed by atoms with Gasteiger partial charge in [-0.05, 0) is 45.4 Å². The number of aromatic hydroxyl groups is 1. The average Bonchev–Trinajstić information content (AvgIpc) is 2.47. The number of phenolic OH excluding ortho intramolecular Hbond substituents is 1. The lowest BCUT2D eigenvalue weighted by Crippen LogP contribution is -2.49. The highest BCUT2D eigenvalue weighted by Crippen LogP contribution is 2.38. The summed E-state index contributed by atoms with van der Waals surface area (Å²) in [5.74, 6) is 0.650. The Kier molecular flexibility index (Phi) is 4.22. The number of fused-ring (bicyclic) bond motifs is 1. The van der Waals surface area contributed by atoms with Gasteiger partial charge in [0.05, 0.1) is 5.69 Å². The SMILES string of the molecule is Cc1cc(C)cc(CC2Oc3cc(O)ccc3N(C(C)C)C2=O)c1. The van der Waals surface area contributed by atoms with Crippen LogP contribution in [0.3, 0.4) is 0 Å². The molecule has 1 heterocycles. The van der Waals surface area contributed by atoms with Crippen LogP contribution in [0.25, 0.3) is 0 Å². The van der Waals surface area contributed by atoms with Gasteiger partial charge in [-0.3, -0.25) is 4.79 Å². The largest absolute Gasteiger partial charge is 0.508 e. The molecule has 24 heavy (non-hydrogen) atoms. The summed E-state index contributed by atoms with van der Waals surface area (Å²) in [6, 6.07) is 11.2. The molecule has 0 aromatic heterocycles. The number of nitrogens with zero attached hydrogens (tertiary/aromatic N) is 1. The molecular weight excluding hydrogens is 302 g/mol. The molecule has 3 rings (SSSR count). The quantitative estimate of drug-likeness (QED) is 0.935. The van der Waals surface area contributed by atoms with Crippen LogP contribution >= 0.6 is 0 Å². The zero-order valence-corrected chi connectivity index (χ0v) is 14.5. The third-order valence-electron chi connectivity index (χ3n) is 4.20. The third kappa shape index (κ3) is 3.09. The minimum Gasteiger partial charge on any atom is -0.508 e. The van der Waals surface area contributed by atoms with Gasteiger partial charge >= 0.3 is 0 Å². The minimum absolute atomic E-state index is 0.0199. The Bertz CT molecular complexity index is 762. The standard InChI is InChI=1S/C20H23NO3/c1-12(2)21-17-6-5-16(22)11-18(17)24-19(20(21)23)10-15-8-13(3)7-14(4)9-15/h5-9,11-12,19,22H,10H2,1-4H3. The van der Waals surface area contributed by atoms with Crippen molar-refractivity contribution < 1.29 is 14.6 Å². The first-order chi connectivity index (χ1) is 11.3. The van der Waals surface area contributed by atoms with Crippen molar-refractivity contribution in [1.82, 2.24) is 0 Å². The predicted octanol–water partition coefficient (Wildman–Crippen LogP) is 3.75. The summed E-state index contributed by atoms with van der Waals surface area (Å²) in [6.07, 6.45) is -0.0671. The second kappa shape index (κ2) is 6.19. The summed E-state index contributed by atoms with van der Waals surface area (Å²) in [7, 11) is 0. The van der Waals surface area contributed by atoms with Crippen molar-refractivity contribution in [2.45, 2.75) is 46.3 Å². The molecule has 0 aliphatic carbocycles. The summed E-state index contributed by atoms with van der Waals surface area (Å²) in [5.41, 5.74) is 4.14. The number of rotatable bonds is 3. The van der Waals surface area contributed by atoms with E-state index in [9.17, 15) is 9.90 Å². The fraction of sp³-hybridized carbons (Fsp3) is 0.350. The topological polar surface area (TPSA) is 49.8 Å². The van der Waals surface area contributed by atoms with E-state index in [1.54, 1.807) is 23.1 Å². The lowest BCUT2D eigenvalue weighted by atomic mass is 10.00. The Morgan fingerprint density at radius 3 is 2.42 bits per heavy atom. The van der Waals surface area contributed by atoms with Crippen LogP contribution in [-0.2, 0) is 11.2 Å². The summed E-state index contributed by atoms with van der Waals surface area (Å²) in [4.78, 5) is 14.7. The zero-order valence-electron chi connectivity index (χ0n) is 14.5. The Morgan fingerprint density at radius 2 is 1.79 bits per heavy atom. The van der Waals surface area contributed by atoms with E-state index in [0.717, 1.165) is 5.56 Å². The predicted molar refractivity (Wildman–Crippen MR) is 94.8 cm³/mol. The van der Waals surface area contributed by atoms with E-state index in [1.807, 2.05) is 27.7 Å². The molecule has 1 aliphatic heterocycles. The molecule has 0 bridgehead atoms. The monoisotopic (exact) mass is 325 g/mol. The van der Waals surface area contributed by atoms with Crippen LogP contribution in [-0.4, -0.2) is 23.2 Å². The third-order valence-corrected chi connectivity index (χ3v) is 4.20. The van der Waals surface area contributed by atoms with Crippen LogP contribution in [0.4, 0.5) is 5.69 Å². The number of aryl methyl sites for hydroxylation is 2. The summed E-state index contributed by atoms with van der Waals surface area (Å²) in [6.45, 7) is 8.06. The maximum atomic E-state index is 12.9. The molecule has 1 aliphatic rings. The highest BCUT2D eigenvalue weighted by atomic mass is 16.5. The molecule has 1 atom stereocenters. The van der Waals surface area contributed by atoms with Crippen molar-refractivity contribution >= 4 is 11.6 Å². The molecule has 4 heteroatoms. The molecular formula is C20H23NO3. The van der Waals surface area contributed by atoms with Crippen LogP contribution in [0.1, 0.15) is 30.5 Å². The van der Waals surface area contributed by atoms with Gasteiger partial charge in [0.1, 0.15) is 11.5 Å².